The molecular formula is C89H140O17P2. The fourth-order valence-electron chi connectivity index (χ4n) is 9.70. The number of phosphoric acid groups is 2. The lowest BCUT2D eigenvalue weighted by molar-refractivity contribution is -0.161. The van der Waals surface area contributed by atoms with Crippen LogP contribution >= 0.6 is 15.6 Å². The summed E-state index contributed by atoms with van der Waals surface area (Å²) in [5, 5.41) is 10.6. The molecule has 0 aliphatic rings. The van der Waals surface area contributed by atoms with E-state index in [1.807, 2.05) is 18.2 Å². The van der Waals surface area contributed by atoms with Gasteiger partial charge in [-0.1, -0.05) is 273 Å². The third-order valence-corrected chi connectivity index (χ3v) is 17.6. The summed E-state index contributed by atoms with van der Waals surface area (Å²) in [4.78, 5) is 73.1. The van der Waals surface area contributed by atoms with Gasteiger partial charge in [0.15, 0.2) is 12.2 Å². The van der Waals surface area contributed by atoms with Crippen molar-refractivity contribution in [1.82, 2.24) is 0 Å². The number of aliphatic hydroxyl groups is 1. The predicted molar refractivity (Wildman–Crippen MR) is 445 cm³/mol. The first-order chi connectivity index (χ1) is 52.7. The number of unbranched alkanes of at least 4 members (excludes halogenated alkanes) is 13. The maximum Gasteiger partial charge on any atom is 0.472 e. The molecule has 0 aromatic rings. The zero-order chi connectivity index (χ0) is 78.9. The fraction of sp³-hybridized carbons (Fsp3) is 0.573. The number of rotatable bonds is 73. The molecule has 0 fully saturated rings. The number of carbonyl (C=O) groups excluding carboxylic acids is 4. The van der Waals surface area contributed by atoms with E-state index in [4.69, 9.17) is 37.0 Å². The summed E-state index contributed by atoms with van der Waals surface area (Å²) in [5.41, 5.74) is 0. The average Bonchev–Trinajstić information content (AvgIpc) is 0.923. The molecule has 0 heterocycles. The summed E-state index contributed by atoms with van der Waals surface area (Å²) in [6, 6.07) is 0. The number of esters is 4. The van der Waals surface area contributed by atoms with E-state index in [0.717, 1.165) is 161 Å². The van der Waals surface area contributed by atoms with Crippen molar-refractivity contribution in [2.24, 2.45) is 0 Å². The Hall–Kier alpha value is -6.36. The van der Waals surface area contributed by atoms with Gasteiger partial charge in [0, 0.05) is 25.7 Å². The molecule has 108 heavy (non-hydrogen) atoms. The van der Waals surface area contributed by atoms with Crippen LogP contribution in [-0.4, -0.2) is 96.7 Å². The summed E-state index contributed by atoms with van der Waals surface area (Å²) in [7, 11) is -10.0. The first-order valence-electron chi connectivity index (χ1n) is 40.3. The number of phosphoric ester groups is 2. The molecule has 0 rings (SSSR count). The second-order valence-electron chi connectivity index (χ2n) is 25.9. The molecule has 5 atom stereocenters. The smallest absolute Gasteiger partial charge is 0.462 e. The summed E-state index contributed by atoms with van der Waals surface area (Å²) >= 11 is 0. The van der Waals surface area contributed by atoms with Gasteiger partial charge in [0.05, 0.1) is 26.4 Å². The molecule has 0 aromatic heterocycles. The number of ether oxygens (including phenoxy) is 4. The fourth-order valence-corrected chi connectivity index (χ4v) is 11.3. The van der Waals surface area contributed by atoms with Crippen LogP contribution in [0.5, 0.6) is 0 Å². The van der Waals surface area contributed by atoms with Crippen molar-refractivity contribution in [3.8, 4) is 0 Å². The number of carbonyl (C=O) groups is 4. The SMILES string of the molecule is CC/C=C\C/C=C\C/C=C\C/C=C\C/C=C\C/C=C\CCC(=O)OCC(COP(=O)(O)OCC(O)COP(=O)(O)OCC(COC(=O)CCCCC/C=C\C/C=C\C/C=C\C/C=C\C/C=C\CC)OC(=O)CCCC/C=C\C/C=C\C/C=C\C/C=C\CC)OC(=O)CCCCCCC/C=C\C/C=C\CCCCC. The predicted octanol–water partition coefficient (Wildman–Crippen LogP) is 23.9. The van der Waals surface area contributed by atoms with Crippen LogP contribution in [0, 0.1) is 0 Å². The zero-order valence-corrected chi connectivity index (χ0v) is 68.2. The van der Waals surface area contributed by atoms with Crippen molar-refractivity contribution in [1.29, 1.82) is 0 Å². The highest BCUT2D eigenvalue weighted by molar-refractivity contribution is 7.47. The molecular weight excluding hydrogens is 1400 g/mol. The summed E-state index contributed by atoms with van der Waals surface area (Å²) in [6.07, 6.45) is 98.2. The van der Waals surface area contributed by atoms with Crippen molar-refractivity contribution in [3.63, 3.8) is 0 Å². The Morgan fingerprint density at radius 2 is 0.500 bits per heavy atom. The molecule has 3 N–H and O–H groups in total. The van der Waals surface area contributed by atoms with E-state index in [9.17, 15) is 43.2 Å². The maximum absolute atomic E-state index is 13.1. The van der Waals surface area contributed by atoms with E-state index in [1.165, 1.54) is 19.3 Å². The van der Waals surface area contributed by atoms with E-state index in [1.54, 1.807) is 0 Å². The molecule has 19 heteroatoms. The lowest BCUT2D eigenvalue weighted by atomic mass is 10.1. The van der Waals surface area contributed by atoms with Gasteiger partial charge in [-0.3, -0.25) is 37.3 Å². The van der Waals surface area contributed by atoms with E-state index in [2.05, 4.69) is 216 Å². The van der Waals surface area contributed by atoms with E-state index in [0.29, 0.717) is 38.5 Å². The Kier molecular flexibility index (Phi) is 74.1. The number of hydrogen-bond donors (Lipinski definition) is 3. The first kappa shape index (κ1) is 102. The molecule has 0 radical (unpaired) electrons. The maximum atomic E-state index is 13.1. The minimum Gasteiger partial charge on any atom is -0.462 e. The molecule has 5 unspecified atom stereocenters. The second kappa shape index (κ2) is 78.8. The van der Waals surface area contributed by atoms with E-state index >= 15 is 0 Å². The van der Waals surface area contributed by atoms with Crippen molar-refractivity contribution in [3.05, 3.63) is 207 Å². The topological polar surface area (TPSA) is 237 Å². The van der Waals surface area contributed by atoms with Crippen LogP contribution in [0.15, 0.2) is 207 Å². The normalized spacial score (nSPS) is 14.9. The molecule has 0 spiro atoms. The largest absolute Gasteiger partial charge is 0.472 e. The monoisotopic (exact) mass is 1540 g/mol. The highest BCUT2D eigenvalue weighted by atomic mass is 31.2. The number of aliphatic hydroxyl groups excluding tert-OH is 1. The van der Waals surface area contributed by atoms with Gasteiger partial charge in [0.2, 0.25) is 0 Å². The minimum atomic E-state index is -5.02. The lowest BCUT2D eigenvalue weighted by Gasteiger charge is -2.21. The van der Waals surface area contributed by atoms with E-state index in [-0.39, 0.29) is 25.7 Å². The van der Waals surface area contributed by atoms with Gasteiger partial charge >= 0.3 is 39.5 Å². The Morgan fingerprint density at radius 3 is 0.824 bits per heavy atom. The Morgan fingerprint density at radius 1 is 0.269 bits per heavy atom. The van der Waals surface area contributed by atoms with Gasteiger partial charge in [0.25, 0.3) is 0 Å². The highest BCUT2D eigenvalue weighted by Crippen LogP contribution is 2.45. The summed E-state index contributed by atoms with van der Waals surface area (Å²) < 4.78 is 68.5. The van der Waals surface area contributed by atoms with Crippen molar-refractivity contribution < 1.29 is 80.2 Å². The van der Waals surface area contributed by atoms with Crippen LogP contribution in [0.4, 0.5) is 0 Å². The third-order valence-electron chi connectivity index (χ3n) is 15.7. The van der Waals surface area contributed by atoms with Gasteiger partial charge in [-0.25, -0.2) is 9.13 Å². The molecule has 608 valence electrons. The van der Waals surface area contributed by atoms with Gasteiger partial charge in [-0.05, 0) is 180 Å². The molecule has 0 saturated carbocycles. The molecule has 0 aromatic carbocycles. The molecule has 0 amide bonds. The molecule has 0 aliphatic heterocycles. The Labute approximate surface area is 652 Å². The molecule has 0 saturated heterocycles. The standard InChI is InChI=1S/C89H140O17P2/c1-5-9-13-17-21-25-29-33-37-39-41-43-47-49-53-57-61-65-69-73-86(91)99-79-84(105-88(93)75-71-67-63-59-55-51-45-35-31-27-23-19-15-11-7-3)81-103-107(95,96)101-77-83(90)78-102-108(97,98)104-82-85(106-89(94)76-72-68-64-60-56-52-46-36-32-28-24-20-16-12-8-4)80-100-87(92)74-70-66-62-58-54-50-48-44-42-40-38-34-30-26-22-18-14-10-6-2/h9-11,13-15,21-28,33-38,41-46,49-50,53-55,59,62,66,83-85,90H,5-8,12,16-20,29-32,39-40,47-48,51-52,56-58,60-61,63-65,67-82H2,1-4H3,(H,95,96)(H,97,98)/b13-9-,14-10-,15-11-,25-21-,26-22-,27-23-,28-24-,37-33-,38-34-,43-41-,44-42-,45-35-,46-36-,53-49-,54-50-,59-55-,66-62-. The van der Waals surface area contributed by atoms with E-state index < -0.39 is 97.5 Å². The zero-order valence-electron chi connectivity index (χ0n) is 66.4. The Bertz CT molecular complexity index is 2860. The van der Waals surface area contributed by atoms with Crippen LogP contribution in [0.2, 0.25) is 0 Å². The highest BCUT2D eigenvalue weighted by Gasteiger charge is 2.30. The van der Waals surface area contributed by atoms with Crippen LogP contribution in [0.3, 0.4) is 0 Å². The Balaban J connectivity index is 5.53. The molecule has 0 bridgehead atoms. The van der Waals surface area contributed by atoms with Crippen molar-refractivity contribution in [2.45, 2.75) is 290 Å². The minimum absolute atomic E-state index is 0.0236. The summed E-state index contributed by atoms with van der Waals surface area (Å²) in [6.45, 7) is 4.28. The van der Waals surface area contributed by atoms with Crippen LogP contribution in [-0.2, 0) is 65.4 Å². The molecule has 0 aliphatic carbocycles. The van der Waals surface area contributed by atoms with Crippen LogP contribution in [0.1, 0.15) is 272 Å². The number of allylic oxidation sites excluding steroid dienone is 34. The van der Waals surface area contributed by atoms with Crippen LogP contribution < -0.4 is 0 Å². The number of hydrogen-bond acceptors (Lipinski definition) is 15. The molecule has 17 nitrogen and oxygen atoms in total. The average molecular weight is 1540 g/mol. The van der Waals surface area contributed by atoms with Crippen molar-refractivity contribution in [2.75, 3.05) is 39.6 Å². The lowest BCUT2D eigenvalue weighted by Crippen LogP contribution is -2.30. The summed E-state index contributed by atoms with van der Waals surface area (Å²) in [5.74, 6) is -2.40. The van der Waals surface area contributed by atoms with Crippen molar-refractivity contribution >= 4 is 39.5 Å². The van der Waals surface area contributed by atoms with Gasteiger partial charge in [0.1, 0.15) is 19.3 Å². The second-order valence-corrected chi connectivity index (χ2v) is 28.8. The van der Waals surface area contributed by atoms with Gasteiger partial charge in [-0.15, -0.1) is 0 Å². The third kappa shape index (κ3) is 77.8. The van der Waals surface area contributed by atoms with Crippen LogP contribution in [0.25, 0.3) is 0 Å². The van der Waals surface area contributed by atoms with Gasteiger partial charge < -0.3 is 33.8 Å². The van der Waals surface area contributed by atoms with Gasteiger partial charge in [-0.2, -0.15) is 0 Å². The first-order valence-corrected chi connectivity index (χ1v) is 43.3. The quantitative estimate of drug-likeness (QED) is 0.0169.